The van der Waals surface area contributed by atoms with Crippen LogP contribution in [-0.2, 0) is 4.79 Å². The highest BCUT2D eigenvalue weighted by atomic mass is 32.1. The number of aliphatic carboxylic acids is 1. The summed E-state index contributed by atoms with van der Waals surface area (Å²) in [6.45, 7) is 1.96. The number of carbonyl (C=O) groups is 1. The topological polar surface area (TPSA) is 37.3 Å². The summed E-state index contributed by atoms with van der Waals surface area (Å²) in [5.41, 5.74) is 0. The van der Waals surface area contributed by atoms with Crippen molar-refractivity contribution in [3.63, 3.8) is 0 Å². The van der Waals surface area contributed by atoms with E-state index in [2.05, 4.69) is 12.6 Å². The van der Waals surface area contributed by atoms with Crippen LogP contribution in [0.25, 0.3) is 0 Å². The van der Waals surface area contributed by atoms with Crippen molar-refractivity contribution in [1.29, 1.82) is 0 Å². The van der Waals surface area contributed by atoms with Crippen LogP contribution in [0.3, 0.4) is 0 Å². The molecule has 0 fully saturated rings. The summed E-state index contributed by atoms with van der Waals surface area (Å²) in [6.07, 6.45) is 2.27. The van der Waals surface area contributed by atoms with Crippen molar-refractivity contribution < 1.29 is 9.90 Å². The second-order valence-corrected chi connectivity index (χ2v) is 3.02. The van der Waals surface area contributed by atoms with Gasteiger partial charge in [0.15, 0.2) is 0 Å². The lowest BCUT2D eigenvalue weighted by atomic mass is 10.0. The van der Waals surface area contributed by atoms with E-state index in [1.165, 1.54) is 0 Å². The van der Waals surface area contributed by atoms with E-state index in [9.17, 15) is 4.79 Å². The molecule has 0 bridgehead atoms. The van der Waals surface area contributed by atoms with E-state index < -0.39 is 5.97 Å². The predicted molar refractivity (Wildman–Crippen MR) is 44.5 cm³/mol. The predicted octanol–water partition coefficient (Wildman–Crippen LogP) is 1.81. The van der Waals surface area contributed by atoms with Crippen LogP contribution < -0.4 is 0 Å². The molecule has 0 aromatic heterocycles. The fourth-order valence-electron chi connectivity index (χ4n) is 0.840. The molecule has 0 amide bonds. The summed E-state index contributed by atoms with van der Waals surface area (Å²) in [7, 11) is 0. The van der Waals surface area contributed by atoms with Gasteiger partial charge in [0.2, 0.25) is 0 Å². The van der Waals surface area contributed by atoms with Gasteiger partial charge in [-0.2, -0.15) is 12.6 Å². The van der Waals surface area contributed by atoms with Crippen molar-refractivity contribution in [1.82, 2.24) is 0 Å². The molecule has 0 aliphatic rings. The van der Waals surface area contributed by atoms with Gasteiger partial charge in [-0.3, -0.25) is 4.79 Å². The van der Waals surface area contributed by atoms with Gasteiger partial charge in [-0.25, -0.2) is 0 Å². The van der Waals surface area contributed by atoms with E-state index in [1.807, 2.05) is 6.92 Å². The first-order valence-electron chi connectivity index (χ1n) is 3.49. The molecule has 1 atom stereocenters. The van der Waals surface area contributed by atoms with Crippen molar-refractivity contribution in [2.24, 2.45) is 5.92 Å². The van der Waals surface area contributed by atoms with Crippen LogP contribution in [0.2, 0.25) is 0 Å². The normalized spacial score (nSPS) is 13.0. The average Bonchev–Trinajstić information content (AvgIpc) is 1.82. The van der Waals surface area contributed by atoms with Gasteiger partial charge in [0.05, 0.1) is 0 Å². The van der Waals surface area contributed by atoms with Crippen LogP contribution in [0.5, 0.6) is 0 Å². The minimum Gasteiger partial charge on any atom is -0.481 e. The maximum atomic E-state index is 10.2. The van der Waals surface area contributed by atoms with Gasteiger partial charge in [0, 0.05) is 6.42 Å². The summed E-state index contributed by atoms with van der Waals surface area (Å²) in [6, 6.07) is 0. The molecule has 60 valence electrons. The largest absolute Gasteiger partial charge is 0.481 e. The molecule has 0 aromatic rings. The molecule has 3 heteroatoms. The highest BCUT2D eigenvalue weighted by molar-refractivity contribution is 7.80. The lowest BCUT2D eigenvalue weighted by Gasteiger charge is -2.05. The van der Waals surface area contributed by atoms with Crippen molar-refractivity contribution >= 4 is 18.6 Å². The Kier molecular flexibility index (Phi) is 5.49. The molecule has 0 saturated heterocycles. The Bertz CT molecular complexity index is 104. The van der Waals surface area contributed by atoms with E-state index in [0.29, 0.717) is 5.92 Å². The van der Waals surface area contributed by atoms with E-state index in [4.69, 9.17) is 5.11 Å². The van der Waals surface area contributed by atoms with E-state index in [1.54, 1.807) is 0 Å². The fraction of sp³-hybridized carbons (Fsp3) is 0.857. The Morgan fingerprint density at radius 2 is 2.30 bits per heavy atom. The Labute approximate surface area is 67.0 Å². The molecule has 0 radical (unpaired) electrons. The number of hydrogen-bond acceptors (Lipinski definition) is 2. The van der Waals surface area contributed by atoms with Crippen LogP contribution in [0.4, 0.5) is 0 Å². The summed E-state index contributed by atoms with van der Waals surface area (Å²) in [4.78, 5) is 10.2. The zero-order chi connectivity index (χ0) is 7.98. The molecule has 0 aliphatic heterocycles. The van der Waals surface area contributed by atoms with Crippen LogP contribution >= 0.6 is 12.6 Å². The SMILES string of the molecule is CC(CCCS)CC(=O)O. The van der Waals surface area contributed by atoms with Crippen molar-refractivity contribution in [3.05, 3.63) is 0 Å². The van der Waals surface area contributed by atoms with Gasteiger partial charge < -0.3 is 5.11 Å². The number of rotatable bonds is 5. The molecule has 0 saturated carbocycles. The second-order valence-electron chi connectivity index (χ2n) is 2.57. The Morgan fingerprint density at radius 1 is 1.70 bits per heavy atom. The van der Waals surface area contributed by atoms with Crippen molar-refractivity contribution in [3.8, 4) is 0 Å². The van der Waals surface area contributed by atoms with Crippen LogP contribution in [0.15, 0.2) is 0 Å². The average molecular weight is 162 g/mol. The number of thiol groups is 1. The van der Waals surface area contributed by atoms with E-state index in [-0.39, 0.29) is 6.42 Å². The zero-order valence-corrected chi connectivity index (χ0v) is 7.10. The first kappa shape index (κ1) is 9.82. The van der Waals surface area contributed by atoms with Gasteiger partial charge >= 0.3 is 5.97 Å². The van der Waals surface area contributed by atoms with E-state index >= 15 is 0 Å². The zero-order valence-electron chi connectivity index (χ0n) is 6.21. The lowest BCUT2D eigenvalue weighted by Crippen LogP contribution is -2.03. The fourth-order valence-corrected chi connectivity index (χ4v) is 1.02. The van der Waals surface area contributed by atoms with Crippen molar-refractivity contribution in [2.45, 2.75) is 26.2 Å². The second kappa shape index (κ2) is 5.59. The third-order valence-corrected chi connectivity index (χ3v) is 1.69. The van der Waals surface area contributed by atoms with Gasteiger partial charge in [-0.1, -0.05) is 6.92 Å². The maximum absolute atomic E-state index is 10.2. The monoisotopic (exact) mass is 162 g/mol. The summed E-state index contributed by atoms with van der Waals surface area (Å²) in [5, 5.41) is 8.36. The highest BCUT2D eigenvalue weighted by Crippen LogP contribution is 2.09. The molecule has 1 unspecified atom stereocenters. The minimum atomic E-state index is -0.702. The van der Waals surface area contributed by atoms with Gasteiger partial charge in [0.1, 0.15) is 0 Å². The van der Waals surface area contributed by atoms with Crippen LogP contribution in [0, 0.1) is 5.92 Å². The number of carboxylic acid groups (broad SMARTS) is 1. The quantitative estimate of drug-likeness (QED) is 0.605. The number of hydrogen-bond donors (Lipinski definition) is 2. The molecular formula is C7H14O2S. The lowest BCUT2D eigenvalue weighted by molar-refractivity contribution is -0.138. The summed E-state index contributed by atoms with van der Waals surface area (Å²) >= 11 is 4.04. The van der Waals surface area contributed by atoms with Gasteiger partial charge in [0.25, 0.3) is 0 Å². The Balaban J connectivity index is 3.25. The first-order chi connectivity index (χ1) is 4.66. The molecule has 10 heavy (non-hydrogen) atoms. The smallest absolute Gasteiger partial charge is 0.303 e. The Hall–Kier alpha value is -0.180. The van der Waals surface area contributed by atoms with Crippen LogP contribution in [-0.4, -0.2) is 16.8 Å². The molecule has 2 nitrogen and oxygen atoms in total. The van der Waals surface area contributed by atoms with E-state index in [0.717, 1.165) is 18.6 Å². The summed E-state index contributed by atoms with van der Waals surface area (Å²) < 4.78 is 0. The third kappa shape index (κ3) is 5.95. The molecule has 0 heterocycles. The van der Waals surface area contributed by atoms with Gasteiger partial charge in [-0.15, -0.1) is 0 Å². The Morgan fingerprint density at radius 3 is 2.70 bits per heavy atom. The molecule has 0 spiro atoms. The minimum absolute atomic E-state index is 0.285. The molecular weight excluding hydrogens is 148 g/mol. The van der Waals surface area contributed by atoms with Gasteiger partial charge in [-0.05, 0) is 24.5 Å². The highest BCUT2D eigenvalue weighted by Gasteiger charge is 2.05. The first-order valence-corrected chi connectivity index (χ1v) is 4.12. The molecule has 0 aliphatic carbocycles. The maximum Gasteiger partial charge on any atom is 0.303 e. The third-order valence-electron chi connectivity index (χ3n) is 1.38. The summed E-state index contributed by atoms with van der Waals surface area (Å²) in [5.74, 6) is 0.445. The molecule has 0 aromatic carbocycles. The van der Waals surface area contributed by atoms with Crippen molar-refractivity contribution in [2.75, 3.05) is 5.75 Å². The molecule has 1 N–H and O–H groups in total. The number of carboxylic acids is 1. The standard InChI is InChI=1S/C7H14O2S/c1-6(3-2-4-10)5-7(8)9/h6,10H,2-5H2,1H3,(H,8,9). The van der Waals surface area contributed by atoms with Crippen LogP contribution in [0.1, 0.15) is 26.2 Å². The molecule has 0 rings (SSSR count).